The summed E-state index contributed by atoms with van der Waals surface area (Å²) in [6.45, 7) is 1.95. The van der Waals surface area contributed by atoms with Crippen LogP contribution in [0.15, 0.2) is 54.6 Å². The lowest BCUT2D eigenvalue weighted by atomic mass is 10.2. The number of anilines is 2. The Morgan fingerprint density at radius 3 is 2.44 bits per heavy atom. The van der Waals surface area contributed by atoms with E-state index in [1.165, 1.54) is 11.3 Å². The fraction of sp³-hybridized carbons (Fsp3) is 0.167. The van der Waals surface area contributed by atoms with Gasteiger partial charge in [-0.05, 0) is 24.1 Å². The standard InChI is InChI=1S/C18H18N4O3S2/c1-2-16-20-21-18(26-16)19-17(23)14-10-6-7-11-15(14)22-27(24,25)12-13-8-4-3-5-9-13/h3-11,22H,2,12H2,1H3,(H,19,21,23). The van der Waals surface area contributed by atoms with Gasteiger partial charge in [0.2, 0.25) is 15.2 Å². The maximum absolute atomic E-state index is 12.6. The van der Waals surface area contributed by atoms with E-state index >= 15 is 0 Å². The number of aryl methyl sites for hydroxylation is 1. The maximum atomic E-state index is 12.6. The van der Waals surface area contributed by atoms with Gasteiger partial charge in [0, 0.05) is 0 Å². The summed E-state index contributed by atoms with van der Waals surface area (Å²) in [5, 5.41) is 11.7. The largest absolute Gasteiger partial charge is 0.296 e. The van der Waals surface area contributed by atoms with E-state index in [1.54, 1.807) is 48.5 Å². The van der Waals surface area contributed by atoms with Crippen LogP contribution in [0.4, 0.5) is 10.8 Å². The molecule has 2 N–H and O–H groups in total. The van der Waals surface area contributed by atoms with Crippen molar-refractivity contribution in [2.24, 2.45) is 0 Å². The summed E-state index contributed by atoms with van der Waals surface area (Å²) in [5.74, 6) is -0.633. The summed E-state index contributed by atoms with van der Waals surface area (Å²) in [6, 6.07) is 15.3. The topological polar surface area (TPSA) is 101 Å². The number of carbonyl (C=O) groups is 1. The molecular weight excluding hydrogens is 384 g/mol. The van der Waals surface area contributed by atoms with Gasteiger partial charge in [-0.3, -0.25) is 14.8 Å². The average molecular weight is 403 g/mol. The van der Waals surface area contributed by atoms with Gasteiger partial charge in [-0.25, -0.2) is 8.42 Å². The minimum Gasteiger partial charge on any atom is -0.296 e. The molecule has 7 nitrogen and oxygen atoms in total. The van der Waals surface area contributed by atoms with E-state index in [4.69, 9.17) is 0 Å². The van der Waals surface area contributed by atoms with Gasteiger partial charge in [0.15, 0.2) is 0 Å². The molecule has 3 rings (SSSR count). The van der Waals surface area contributed by atoms with Crippen molar-refractivity contribution < 1.29 is 13.2 Å². The zero-order valence-electron chi connectivity index (χ0n) is 14.5. The third-order valence-electron chi connectivity index (χ3n) is 3.63. The van der Waals surface area contributed by atoms with Crippen molar-refractivity contribution in [1.82, 2.24) is 10.2 Å². The van der Waals surface area contributed by atoms with E-state index in [1.807, 2.05) is 13.0 Å². The fourth-order valence-electron chi connectivity index (χ4n) is 2.38. The Labute approximate surface area is 161 Å². The normalized spacial score (nSPS) is 11.1. The number of carbonyl (C=O) groups excluding carboxylic acids is 1. The highest BCUT2D eigenvalue weighted by Gasteiger charge is 2.18. The molecule has 0 bridgehead atoms. The molecule has 1 amide bonds. The predicted molar refractivity (Wildman–Crippen MR) is 106 cm³/mol. The first-order valence-corrected chi connectivity index (χ1v) is 10.7. The predicted octanol–water partition coefficient (Wildman–Crippen LogP) is 3.29. The van der Waals surface area contributed by atoms with Crippen LogP contribution in [-0.2, 0) is 22.2 Å². The third kappa shape index (κ3) is 5.11. The van der Waals surface area contributed by atoms with Gasteiger partial charge in [0.25, 0.3) is 5.91 Å². The molecule has 0 fully saturated rings. The number of sulfonamides is 1. The van der Waals surface area contributed by atoms with Crippen molar-refractivity contribution in [3.63, 3.8) is 0 Å². The lowest BCUT2D eigenvalue weighted by Crippen LogP contribution is -2.19. The summed E-state index contributed by atoms with van der Waals surface area (Å²) in [7, 11) is -3.67. The molecule has 0 radical (unpaired) electrons. The van der Waals surface area contributed by atoms with E-state index in [-0.39, 0.29) is 17.0 Å². The van der Waals surface area contributed by atoms with Crippen molar-refractivity contribution in [3.8, 4) is 0 Å². The quantitative estimate of drug-likeness (QED) is 0.631. The molecule has 27 heavy (non-hydrogen) atoms. The molecule has 3 aromatic rings. The first-order valence-electron chi connectivity index (χ1n) is 8.24. The average Bonchev–Trinajstić information content (AvgIpc) is 3.09. The molecule has 0 aliphatic carbocycles. The zero-order valence-corrected chi connectivity index (χ0v) is 16.2. The van der Waals surface area contributed by atoms with Crippen molar-refractivity contribution in [1.29, 1.82) is 0 Å². The summed E-state index contributed by atoms with van der Waals surface area (Å²) in [6.07, 6.45) is 0.726. The molecule has 0 aliphatic heterocycles. The smallest absolute Gasteiger partial charge is 0.259 e. The van der Waals surface area contributed by atoms with Gasteiger partial charge in [-0.2, -0.15) is 0 Å². The second-order valence-electron chi connectivity index (χ2n) is 5.70. The number of amides is 1. The minimum absolute atomic E-state index is 0.181. The van der Waals surface area contributed by atoms with Crippen LogP contribution < -0.4 is 10.0 Å². The minimum atomic E-state index is -3.67. The van der Waals surface area contributed by atoms with E-state index in [0.29, 0.717) is 10.7 Å². The lowest BCUT2D eigenvalue weighted by Gasteiger charge is -2.12. The van der Waals surface area contributed by atoms with Crippen molar-refractivity contribution in [3.05, 3.63) is 70.7 Å². The van der Waals surface area contributed by atoms with Crippen LogP contribution in [0.2, 0.25) is 0 Å². The number of benzene rings is 2. The van der Waals surface area contributed by atoms with Crippen molar-refractivity contribution in [2.75, 3.05) is 10.0 Å². The number of nitrogens with one attached hydrogen (secondary N) is 2. The van der Waals surface area contributed by atoms with Gasteiger partial charge < -0.3 is 0 Å². The SMILES string of the molecule is CCc1nnc(NC(=O)c2ccccc2NS(=O)(=O)Cc2ccccc2)s1. The van der Waals surface area contributed by atoms with Crippen LogP contribution in [0.3, 0.4) is 0 Å². The van der Waals surface area contributed by atoms with Crippen LogP contribution in [0.25, 0.3) is 0 Å². The fourth-order valence-corrected chi connectivity index (χ4v) is 4.27. The highest BCUT2D eigenvalue weighted by atomic mass is 32.2. The van der Waals surface area contributed by atoms with Crippen molar-refractivity contribution >= 4 is 38.1 Å². The van der Waals surface area contributed by atoms with Crippen LogP contribution in [0.1, 0.15) is 27.9 Å². The molecule has 140 valence electrons. The van der Waals surface area contributed by atoms with Gasteiger partial charge in [0.1, 0.15) is 5.01 Å². The molecule has 0 spiro atoms. The van der Waals surface area contributed by atoms with Gasteiger partial charge in [-0.15, -0.1) is 10.2 Å². The van der Waals surface area contributed by atoms with E-state index in [0.717, 1.165) is 11.4 Å². The Morgan fingerprint density at radius 2 is 1.74 bits per heavy atom. The first-order chi connectivity index (χ1) is 13.0. The monoisotopic (exact) mass is 402 g/mol. The lowest BCUT2D eigenvalue weighted by molar-refractivity contribution is 0.102. The Hall–Kier alpha value is -2.78. The molecule has 0 saturated carbocycles. The first kappa shape index (κ1) is 19.0. The van der Waals surface area contributed by atoms with Crippen LogP contribution >= 0.6 is 11.3 Å². The molecule has 2 aromatic carbocycles. The maximum Gasteiger partial charge on any atom is 0.259 e. The molecule has 0 aliphatic rings. The summed E-state index contributed by atoms with van der Waals surface area (Å²) in [4.78, 5) is 12.6. The molecule has 0 atom stereocenters. The van der Waals surface area contributed by atoms with E-state index in [2.05, 4.69) is 20.2 Å². The van der Waals surface area contributed by atoms with Crippen LogP contribution in [-0.4, -0.2) is 24.5 Å². The number of para-hydroxylation sites is 1. The molecule has 1 aromatic heterocycles. The number of rotatable bonds is 7. The highest BCUT2D eigenvalue weighted by Crippen LogP contribution is 2.21. The Morgan fingerprint density at radius 1 is 1.04 bits per heavy atom. The molecule has 9 heteroatoms. The zero-order chi connectivity index (χ0) is 19.3. The van der Waals surface area contributed by atoms with E-state index < -0.39 is 15.9 Å². The summed E-state index contributed by atoms with van der Waals surface area (Å²) >= 11 is 1.28. The van der Waals surface area contributed by atoms with Crippen LogP contribution in [0.5, 0.6) is 0 Å². The van der Waals surface area contributed by atoms with Crippen LogP contribution in [0, 0.1) is 0 Å². The number of hydrogen-bond acceptors (Lipinski definition) is 6. The number of nitrogens with zero attached hydrogens (tertiary/aromatic N) is 2. The van der Waals surface area contributed by atoms with Gasteiger partial charge in [-0.1, -0.05) is 60.7 Å². The van der Waals surface area contributed by atoms with E-state index in [9.17, 15) is 13.2 Å². The van der Waals surface area contributed by atoms with Gasteiger partial charge >= 0.3 is 0 Å². The summed E-state index contributed by atoms with van der Waals surface area (Å²) < 4.78 is 27.5. The number of hydrogen-bond donors (Lipinski definition) is 2. The molecule has 0 unspecified atom stereocenters. The second kappa shape index (κ2) is 8.28. The molecule has 1 heterocycles. The Balaban J connectivity index is 1.77. The second-order valence-corrected chi connectivity index (χ2v) is 8.49. The summed E-state index contributed by atoms with van der Waals surface area (Å²) in [5.41, 5.74) is 1.08. The van der Waals surface area contributed by atoms with Gasteiger partial charge in [0.05, 0.1) is 17.0 Å². The Bertz CT molecular complexity index is 1030. The molecule has 0 saturated heterocycles. The molecular formula is C18H18N4O3S2. The van der Waals surface area contributed by atoms with Crippen molar-refractivity contribution in [2.45, 2.75) is 19.1 Å². The third-order valence-corrected chi connectivity index (χ3v) is 5.85. The number of aromatic nitrogens is 2. The Kier molecular flexibility index (Phi) is 5.82. The highest BCUT2D eigenvalue weighted by molar-refractivity contribution is 7.91.